The summed E-state index contributed by atoms with van der Waals surface area (Å²) in [6.45, 7) is 11.1. The zero-order valence-corrected chi connectivity index (χ0v) is 14.5. The summed E-state index contributed by atoms with van der Waals surface area (Å²) in [5.41, 5.74) is 0. The van der Waals surface area contributed by atoms with Gasteiger partial charge in [0.15, 0.2) is 11.6 Å². The number of hydrogen-bond donors (Lipinski definition) is 0. The first-order valence-electron chi connectivity index (χ1n) is 8.11. The number of hydrogen-bond acceptors (Lipinski definition) is 3. The summed E-state index contributed by atoms with van der Waals surface area (Å²) in [5.74, 6) is -0.895. The number of rotatable bonds is 5. The highest BCUT2D eigenvalue weighted by Gasteiger charge is 2.70. The topological polar surface area (TPSA) is 27.7 Å². The van der Waals surface area contributed by atoms with Crippen molar-refractivity contribution < 1.29 is 14.2 Å². The predicted molar refractivity (Wildman–Crippen MR) is 82.0 cm³/mol. The van der Waals surface area contributed by atoms with Crippen LogP contribution in [0.5, 0.6) is 0 Å². The average Bonchev–Trinajstić information content (AvgIpc) is 2.21. The normalized spacial score (nSPS) is 53.5. The van der Waals surface area contributed by atoms with E-state index in [1.54, 1.807) is 0 Å². The summed E-state index contributed by atoms with van der Waals surface area (Å²) in [7, 11) is -0.275. The third kappa shape index (κ3) is 2.35. The van der Waals surface area contributed by atoms with Crippen molar-refractivity contribution in [3.8, 4) is 0 Å². The quantitative estimate of drug-likeness (QED) is 0.540. The maximum absolute atomic E-state index is 6.42. The molecule has 4 heteroatoms. The van der Waals surface area contributed by atoms with Crippen molar-refractivity contribution in [3.05, 3.63) is 0 Å². The van der Waals surface area contributed by atoms with E-state index in [0.717, 1.165) is 12.8 Å². The largest absolute Gasteiger partial charge is 0.339 e. The second kappa shape index (κ2) is 4.65. The molecule has 4 aliphatic rings. The second-order valence-electron chi connectivity index (χ2n) is 7.49. The molecular weight excluding hydrogens is 271 g/mol. The van der Waals surface area contributed by atoms with Crippen molar-refractivity contribution in [3.63, 3.8) is 0 Å². The molecule has 4 aliphatic heterocycles. The van der Waals surface area contributed by atoms with Gasteiger partial charge in [0.2, 0.25) is 0 Å². The lowest BCUT2D eigenvalue weighted by molar-refractivity contribution is -0.468. The van der Waals surface area contributed by atoms with Crippen LogP contribution >= 0.6 is 7.92 Å². The van der Waals surface area contributed by atoms with Crippen molar-refractivity contribution >= 4 is 7.92 Å². The van der Waals surface area contributed by atoms with Gasteiger partial charge in [0.1, 0.15) is 0 Å². The highest BCUT2D eigenvalue weighted by molar-refractivity contribution is 7.60. The van der Waals surface area contributed by atoms with E-state index in [1.165, 1.54) is 31.8 Å². The Labute approximate surface area is 124 Å². The van der Waals surface area contributed by atoms with Gasteiger partial charge in [0.25, 0.3) is 0 Å². The lowest BCUT2D eigenvalue weighted by Crippen LogP contribution is -2.71. The van der Waals surface area contributed by atoms with E-state index >= 15 is 0 Å². The van der Waals surface area contributed by atoms with E-state index in [4.69, 9.17) is 14.2 Å². The van der Waals surface area contributed by atoms with Crippen molar-refractivity contribution in [1.29, 1.82) is 0 Å². The fourth-order valence-electron chi connectivity index (χ4n) is 4.81. The molecule has 4 saturated heterocycles. The van der Waals surface area contributed by atoms with Crippen LogP contribution in [0, 0.1) is 0 Å². The van der Waals surface area contributed by atoms with Crippen LogP contribution in [0.4, 0.5) is 0 Å². The predicted octanol–water partition coefficient (Wildman–Crippen LogP) is 4.78. The second-order valence-corrected chi connectivity index (χ2v) is 10.7. The molecule has 0 aromatic heterocycles. The van der Waals surface area contributed by atoms with Crippen molar-refractivity contribution in [2.24, 2.45) is 0 Å². The summed E-state index contributed by atoms with van der Waals surface area (Å²) >= 11 is 0. The Bertz CT molecular complexity index is 353. The van der Waals surface area contributed by atoms with Gasteiger partial charge in [-0.3, -0.25) is 0 Å². The van der Waals surface area contributed by atoms with Gasteiger partial charge in [-0.15, -0.1) is 0 Å². The summed E-state index contributed by atoms with van der Waals surface area (Å²) < 4.78 is 18.9. The molecule has 4 fully saturated rings. The van der Waals surface area contributed by atoms with E-state index in [9.17, 15) is 0 Å². The zero-order valence-electron chi connectivity index (χ0n) is 13.6. The maximum atomic E-state index is 6.42. The van der Waals surface area contributed by atoms with Crippen LogP contribution in [0.15, 0.2) is 0 Å². The lowest BCUT2D eigenvalue weighted by atomic mass is 9.98. The summed E-state index contributed by atoms with van der Waals surface area (Å²) in [4.78, 5) is 0. The molecule has 0 unspecified atom stereocenters. The van der Waals surface area contributed by atoms with E-state index < -0.39 is 11.6 Å². The lowest BCUT2D eigenvalue weighted by Gasteiger charge is -2.69. The van der Waals surface area contributed by atoms with E-state index in [2.05, 4.69) is 34.6 Å². The smallest absolute Gasteiger partial charge is 0.173 e. The molecular formula is C16H29O3P. The van der Waals surface area contributed by atoms with Crippen LogP contribution in [-0.2, 0) is 14.2 Å². The molecule has 20 heavy (non-hydrogen) atoms. The SMILES string of the molecule is CCCCCCP1[C@@]2(C)C[C@]3(C)O[C@@](C)(C[C@@]1(C)O3)O2. The minimum Gasteiger partial charge on any atom is -0.339 e. The molecule has 0 spiro atoms. The molecule has 0 aliphatic carbocycles. The standard InChI is InChI=1S/C16H29O3P/c1-6-7-8-9-10-20-15(4)11-13(2)17-14(3,19-15)12-16(20,5)18-13/h6-12H2,1-5H3/t13-,14-,15+,16+/m1/s1. The number of ether oxygens (including phenoxy) is 3. The van der Waals surface area contributed by atoms with Crippen molar-refractivity contribution in [1.82, 2.24) is 0 Å². The molecule has 116 valence electrons. The molecule has 0 N–H and O–H groups in total. The molecule has 0 aromatic carbocycles. The Balaban J connectivity index is 1.79. The summed E-state index contributed by atoms with van der Waals surface area (Å²) in [6, 6.07) is 0. The van der Waals surface area contributed by atoms with E-state index in [0.29, 0.717) is 0 Å². The Hall–Kier alpha value is 0.310. The van der Waals surface area contributed by atoms with Crippen molar-refractivity contribution in [2.75, 3.05) is 6.16 Å². The molecule has 4 atom stereocenters. The van der Waals surface area contributed by atoms with Gasteiger partial charge in [0, 0.05) is 12.8 Å². The van der Waals surface area contributed by atoms with Gasteiger partial charge < -0.3 is 14.2 Å². The first-order valence-corrected chi connectivity index (χ1v) is 9.64. The molecule has 0 aromatic rings. The van der Waals surface area contributed by atoms with Gasteiger partial charge in [-0.25, -0.2) is 0 Å². The summed E-state index contributed by atoms with van der Waals surface area (Å²) in [5, 5.41) is -0.0664. The Morgan fingerprint density at radius 1 is 0.800 bits per heavy atom. The fraction of sp³-hybridized carbons (Fsp3) is 1.00. The first-order chi connectivity index (χ1) is 9.23. The van der Waals surface area contributed by atoms with Crippen molar-refractivity contribution in [2.45, 2.75) is 95.4 Å². The van der Waals surface area contributed by atoms with Crippen LogP contribution < -0.4 is 0 Å². The maximum Gasteiger partial charge on any atom is 0.173 e. The molecule has 0 amide bonds. The third-order valence-electron chi connectivity index (χ3n) is 4.98. The summed E-state index contributed by atoms with van der Waals surface area (Å²) in [6.07, 6.45) is 8.32. The van der Waals surface area contributed by atoms with Crippen LogP contribution in [0.1, 0.15) is 73.1 Å². The van der Waals surface area contributed by atoms with Crippen LogP contribution in [-0.4, -0.2) is 28.4 Å². The Morgan fingerprint density at radius 2 is 1.35 bits per heavy atom. The van der Waals surface area contributed by atoms with Gasteiger partial charge in [-0.2, -0.15) is 0 Å². The molecule has 0 saturated carbocycles. The molecule has 4 rings (SSSR count). The monoisotopic (exact) mass is 300 g/mol. The molecule has 0 radical (unpaired) electrons. The van der Waals surface area contributed by atoms with Crippen LogP contribution in [0.3, 0.4) is 0 Å². The average molecular weight is 300 g/mol. The fourth-order valence-corrected chi connectivity index (χ4v) is 8.86. The highest BCUT2D eigenvalue weighted by Crippen LogP contribution is 2.76. The van der Waals surface area contributed by atoms with E-state index in [1.807, 2.05) is 0 Å². The minimum absolute atomic E-state index is 0.0332. The van der Waals surface area contributed by atoms with Crippen LogP contribution in [0.2, 0.25) is 0 Å². The van der Waals surface area contributed by atoms with E-state index in [-0.39, 0.29) is 18.6 Å². The molecule has 3 nitrogen and oxygen atoms in total. The zero-order chi connectivity index (χ0) is 14.6. The first kappa shape index (κ1) is 15.2. The Kier molecular flexibility index (Phi) is 3.54. The van der Waals surface area contributed by atoms with Gasteiger partial charge in [0.05, 0.1) is 10.7 Å². The van der Waals surface area contributed by atoms with Gasteiger partial charge in [-0.05, 0) is 48.2 Å². The highest BCUT2D eigenvalue weighted by atomic mass is 31.1. The third-order valence-corrected chi connectivity index (χ3v) is 8.52. The van der Waals surface area contributed by atoms with Gasteiger partial charge >= 0.3 is 0 Å². The molecule has 4 heterocycles. The molecule has 4 bridgehead atoms. The Morgan fingerprint density at radius 3 is 1.85 bits per heavy atom. The minimum atomic E-state index is -0.447. The van der Waals surface area contributed by atoms with Crippen LogP contribution in [0.25, 0.3) is 0 Å². The number of unbranched alkanes of at least 4 members (excludes halogenated alkanes) is 3. The van der Waals surface area contributed by atoms with Gasteiger partial charge in [-0.1, -0.05) is 26.2 Å².